The molecule has 3 atom stereocenters. The van der Waals surface area contributed by atoms with Gasteiger partial charge in [-0.15, -0.1) is 11.6 Å². The highest BCUT2D eigenvalue weighted by atomic mass is 35.5. The third kappa shape index (κ3) is 1.12. The lowest BCUT2D eigenvalue weighted by atomic mass is 9.89. The molecule has 0 aromatic heterocycles. The number of hydrogen-bond acceptors (Lipinski definition) is 0. The zero-order chi connectivity index (χ0) is 7.90. The summed E-state index contributed by atoms with van der Waals surface area (Å²) in [6.45, 7) is 2.22. The van der Waals surface area contributed by atoms with E-state index in [4.69, 9.17) is 11.6 Å². The van der Waals surface area contributed by atoms with Crippen LogP contribution in [0, 0.1) is 11.8 Å². The van der Waals surface area contributed by atoms with E-state index in [0.717, 1.165) is 5.92 Å². The van der Waals surface area contributed by atoms with E-state index < -0.39 is 0 Å². The normalized spacial score (nSPS) is 47.1. The van der Waals surface area contributed by atoms with Gasteiger partial charge in [-0.1, -0.05) is 25.5 Å². The van der Waals surface area contributed by atoms with Crippen molar-refractivity contribution in [3.05, 3.63) is 12.2 Å². The number of fused-ring (bicyclic) bond motifs is 2. The summed E-state index contributed by atoms with van der Waals surface area (Å²) < 4.78 is 0. The van der Waals surface area contributed by atoms with Gasteiger partial charge in [-0.2, -0.15) is 0 Å². The first-order valence-electron chi connectivity index (χ1n) is 4.62. The summed E-state index contributed by atoms with van der Waals surface area (Å²) in [5.74, 6) is 1.50. The highest BCUT2D eigenvalue weighted by Crippen LogP contribution is 2.52. The van der Waals surface area contributed by atoms with Crippen LogP contribution in [0.2, 0.25) is 0 Å². The first-order valence-corrected chi connectivity index (χ1v) is 4.99. The van der Waals surface area contributed by atoms with Gasteiger partial charge in [0.15, 0.2) is 0 Å². The highest BCUT2D eigenvalue weighted by Gasteiger charge is 2.46. The monoisotopic (exact) mass is 170 g/mol. The minimum atomic E-state index is 0.147. The van der Waals surface area contributed by atoms with Gasteiger partial charge in [0, 0.05) is 0 Å². The Labute approximate surface area is 73.6 Å². The molecule has 0 N–H and O–H groups in total. The van der Waals surface area contributed by atoms with Gasteiger partial charge in [-0.3, -0.25) is 0 Å². The van der Waals surface area contributed by atoms with E-state index in [1.165, 1.54) is 25.7 Å². The topological polar surface area (TPSA) is 0 Å². The molecular weight excluding hydrogens is 156 g/mol. The molecule has 62 valence electrons. The van der Waals surface area contributed by atoms with Gasteiger partial charge in [0.2, 0.25) is 0 Å². The largest absolute Gasteiger partial charge is 0.119 e. The Balaban J connectivity index is 2.11. The zero-order valence-electron chi connectivity index (χ0n) is 7.02. The summed E-state index contributed by atoms with van der Waals surface area (Å²) in [5, 5.41) is 0. The van der Waals surface area contributed by atoms with E-state index in [0.29, 0.717) is 5.92 Å². The van der Waals surface area contributed by atoms with Crippen LogP contribution in [0.25, 0.3) is 0 Å². The molecular formula is C10H15Cl. The SMILES string of the molecule is CCCC1(Cl)CC2C=CC1C2. The van der Waals surface area contributed by atoms with Crippen molar-refractivity contribution in [2.45, 2.75) is 37.5 Å². The smallest absolute Gasteiger partial charge is 0.0514 e. The predicted octanol–water partition coefficient (Wildman–Crippen LogP) is 3.36. The second-order valence-corrected chi connectivity index (χ2v) is 4.73. The van der Waals surface area contributed by atoms with E-state index in [1.54, 1.807) is 0 Å². The quantitative estimate of drug-likeness (QED) is 0.441. The highest BCUT2D eigenvalue weighted by molar-refractivity contribution is 6.24. The molecule has 2 aliphatic carbocycles. The maximum atomic E-state index is 6.52. The molecule has 1 fully saturated rings. The zero-order valence-corrected chi connectivity index (χ0v) is 7.77. The third-order valence-corrected chi connectivity index (χ3v) is 3.73. The molecule has 2 rings (SSSR count). The van der Waals surface area contributed by atoms with E-state index in [1.807, 2.05) is 0 Å². The molecule has 1 heteroatoms. The fourth-order valence-electron chi connectivity index (χ4n) is 2.60. The molecule has 3 unspecified atom stereocenters. The van der Waals surface area contributed by atoms with Crippen molar-refractivity contribution in [3.63, 3.8) is 0 Å². The second-order valence-electron chi connectivity index (χ2n) is 3.98. The first-order chi connectivity index (χ1) is 5.24. The maximum absolute atomic E-state index is 6.52. The van der Waals surface area contributed by atoms with E-state index in [-0.39, 0.29) is 4.87 Å². The van der Waals surface area contributed by atoms with Crippen LogP contribution in [0.3, 0.4) is 0 Å². The molecule has 0 aromatic carbocycles. The molecule has 2 aliphatic rings. The van der Waals surface area contributed by atoms with Gasteiger partial charge in [0.25, 0.3) is 0 Å². The summed E-state index contributed by atoms with van der Waals surface area (Å²) >= 11 is 6.52. The standard InChI is InChI=1S/C10H15Cl/c1-2-5-10(11)7-8-3-4-9(10)6-8/h3-4,8-9H,2,5-7H2,1H3. The van der Waals surface area contributed by atoms with E-state index in [9.17, 15) is 0 Å². The van der Waals surface area contributed by atoms with Crippen molar-refractivity contribution in [2.24, 2.45) is 11.8 Å². The molecule has 0 nitrogen and oxygen atoms in total. The molecule has 0 spiro atoms. The Bertz CT molecular complexity index is 185. The molecule has 0 aromatic rings. The molecule has 0 saturated heterocycles. The van der Waals surface area contributed by atoms with Crippen molar-refractivity contribution in [3.8, 4) is 0 Å². The fourth-order valence-corrected chi connectivity index (χ4v) is 3.15. The molecule has 0 amide bonds. The summed E-state index contributed by atoms with van der Waals surface area (Å²) in [6.07, 6.45) is 9.64. The van der Waals surface area contributed by atoms with Crippen LogP contribution < -0.4 is 0 Å². The number of rotatable bonds is 2. The van der Waals surface area contributed by atoms with Crippen molar-refractivity contribution < 1.29 is 0 Å². The molecule has 2 bridgehead atoms. The Morgan fingerprint density at radius 1 is 1.55 bits per heavy atom. The van der Waals surface area contributed by atoms with Gasteiger partial charge in [-0.25, -0.2) is 0 Å². The summed E-state index contributed by atoms with van der Waals surface area (Å²) in [5.41, 5.74) is 0. The Morgan fingerprint density at radius 3 is 2.82 bits per heavy atom. The van der Waals surface area contributed by atoms with E-state index in [2.05, 4.69) is 19.1 Å². The fraction of sp³-hybridized carbons (Fsp3) is 0.800. The third-order valence-electron chi connectivity index (χ3n) is 3.10. The average molecular weight is 171 g/mol. The van der Waals surface area contributed by atoms with Crippen LogP contribution in [0.4, 0.5) is 0 Å². The first kappa shape index (κ1) is 7.67. The van der Waals surface area contributed by atoms with Crippen molar-refractivity contribution >= 4 is 11.6 Å². The lowest BCUT2D eigenvalue weighted by molar-refractivity contribution is 0.451. The second kappa shape index (κ2) is 2.52. The molecule has 1 saturated carbocycles. The number of halogens is 1. The van der Waals surface area contributed by atoms with Crippen molar-refractivity contribution in [1.82, 2.24) is 0 Å². The van der Waals surface area contributed by atoms with Gasteiger partial charge in [0.1, 0.15) is 0 Å². The molecule has 0 radical (unpaired) electrons. The van der Waals surface area contributed by atoms with Crippen LogP contribution in [-0.4, -0.2) is 4.87 Å². The number of alkyl halides is 1. The molecule has 11 heavy (non-hydrogen) atoms. The van der Waals surface area contributed by atoms with Crippen LogP contribution in [0.15, 0.2) is 12.2 Å². The summed E-state index contributed by atoms with van der Waals surface area (Å²) in [7, 11) is 0. The lowest BCUT2D eigenvalue weighted by Crippen LogP contribution is -2.26. The van der Waals surface area contributed by atoms with Crippen LogP contribution in [0.1, 0.15) is 32.6 Å². The van der Waals surface area contributed by atoms with Gasteiger partial charge in [-0.05, 0) is 31.1 Å². The molecule has 0 aliphatic heterocycles. The maximum Gasteiger partial charge on any atom is 0.0514 e. The van der Waals surface area contributed by atoms with Crippen molar-refractivity contribution in [1.29, 1.82) is 0 Å². The van der Waals surface area contributed by atoms with Gasteiger partial charge < -0.3 is 0 Å². The predicted molar refractivity (Wildman–Crippen MR) is 48.8 cm³/mol. The number of allylic oxidation sites excluding steroid dienone is 2. The summed E-state index contributed by atoms with van der Waals surface area (Å²) in [6, 6.07) is 0. The Kier molecular flexibility index (Phi) is 1.75. The Morgan fingerprint density at radius 2 is 2.36 bits per heavy atom. The van der Waals surface area contributed by atoms with Crippen LogP contribution in [0.5, 0.6) is 0 Å². The average Bonchev–Trinajstić information content (AvgIpc) is 2.45. The van der Waals surface area contributed by atoms with Gasteiger partial charge >= 0.3 is 0 Å². The van der Waals surface area contributed by atoms with Crippen LogP contribution >= 0.6 is 11.6 Å². The lowest BCUT2D eigenvalue weighted by Gasteiger charge is -2.28. The Hall–Kier alpha value is 0.0300. The minimum absolute atomic E-state index is 0.147. The van der Waals surface area contributed by atoms with Crippen LogP contribution in [-0.2, 0) is 0 Å². The number of hydrogen-bond donors (Lipinski definition) is 0. The van der Waals surface area contributed by atoms with Gasteiger partial charge in [0.05, 0.1) is 4.87 Å². The molecule has 0 heterocycles. The van der Waals surface area contributed by atoms with E-state index >= 15 is 0 Å². The minimum Gasteiger partial charge on any atom is -0.119 e. The van der Waals surface area contributed by atoms with Crippen molar-refractivity contribution in [2.75, 3.05) is 0 Å². The summed E-state index contributed by atoms with van der Waals surface area (Å²) in [4.78, 5) is 0.147.